The molecule has 144 valence electrons. The maximum Gasteiger partial charge on any atom is 0.325 e. The molecule has 0 saturated carbocycles. The number of rotatable bonds is 8. The van der Waals surface area contributed by atoms with Gasteiger partial charge < -0.3 is 10.4 Å². The normalized spacial score (nSPS) is 13.0. The molecule has 0 spiro atoms. The second kappa shape index (κ2) is 8.75. The number of nitrogens with one attached hydrogen (secondary N) is 1. The van der Waals surface area contributed by atoms with Crippen molar-refractivity contribution in [3.63, 3.8) is 0 Å². The summed E-state index contributed by atoms with van der Waals surface area (Å²) in [7, 11) is 0. The van der Waals surface area contributed by atoms with E-state index in [1.807, 2.05) is 30.3 Å². The van der Waals surface area contributed by atoms with Crippen molar-refractivity contribution in [1.82, 2.24) is 10.3 Å². The number of carboxylic acids is 1. The molecule has 1 heterocycles. The number of carbonyl (C=O) groups excluding carboxylic acids is 2. The van der Waals surface area contributed by atoms with Crippen molar-refractivity contribution in [2.24, 2.45) is 5.92 Å². The molecule has 1 aromatic heterocycles. The highest BCUT2D eigenvalue weighted by molar-refractivity contribution is 7.16. The van der Waals surface area contributed by atoms with Gasteiger partial charge in [-0.25, -0.2) is 4.98 Å². The molecule has 0 bridgehead atoms. The maximum atomic E-state index is 12.8. The van der Waals surface area contributed by atoms with E-state index in [1.54, 1.807) is 23.7 Å². The van der Waals surface area contributed by atoms with Crippen LogP contribution >= 0.6 is 11.3 Å². The zero-order chi connectivity index (χ0) is 20.1. The van der Waals surface area contributed by atoms with E-state index in [0.717, 1.165) is 15.8 Å². The molecule has 3 aromatic rings. The minimum absolute atomic E-state index is 0.00260. The molecule has 6 nitrogen and oxygen atoms in total. The van der Waals surface area contributed by atoms with Crippen molar-refractivity contribution in [3.8, 4) is 0 Å². The Kier molecular flexibility index (Phi) is 6.16. The zero-order valence-electron chi connectivity index (χ0n) is 15.3. The maximum absolute atomic E-state index is 12.8. The Morgan fingerprint density at radius 3 is 2.61 bits per heavy atom. The Morgan fingerprint density at radius 2 is 1.89 bits per heavy atom. The van der Waals surface area contributed by atoms with Gasteiger partial charge in [0.1, 0.15) is 6.04 Å². The van der Waals surface area contributed by atoms with Crippen molar-refractivity contribution in [2.45, 2.75) is 25.8 Å². The second-order valence-electron chi connectivity index (χ2n) is 6.62. The minimum Gasteiger partial charge on any atom is -0.480 e. The van der Waals surface area contributed by atoms with Gasteiger partial charge in [0.05, 0.1) is 15.7 Å². The average molecular weight is 396 g/mol. The van der Waals surface area contributed by atoms with E-state index in [0.29, 0.717) is 12.0 Å². The lowest BCUT2D eigenvalue weighted by Gasteiger charge is -2.18. The molecule has 3 rings (SSSR count). The first kappa shape index (κ1) is 19.7. The van der Waals surface area contributed by atoms with E-state index in [9.17, 15) is 14.4 Å². The van der Waals surface area contributed by atoms with Crippen LogP contribution in [0.5, 0.6) is 0 Å². The summed E-state index contributed by atoms with van der Waals surface area (Å²) in [5, 5.41) is 11.5. The number of benzene rings is 2. The zero-order valence-corrected chi connectivity index (χ0v) is 16.1. The smallest absolute Gasteiger partial charge is 0.325 e. The fourth-order valence-corrected chi connectivity index (χ4v) is 3.64. The molecule has 0 radical (unpaired) electrons. The number of hydrogen-bond donors (Lipinski definition) is 2. The first-order valence-electron chi connectivity index (χ1n) is 8.87. The molecule has 28 heavy (non-hydrogen) atoms. The van der Waals surface area contributed by atoms with Gasteiger partial charge in [-0.05, 0) is 37.1 Å². The molecular weight excluding hydrogens is 376 g/mol. The van der Waals surface area contributed by atoms with Crippen molar-refractivity contribution in [2.75, 3.05) is 0 Å². The number of hydrogen-bond acceptors (Lipinski definition) is 5. The number of carbonyl (C=O) groups is 3. The van der Waals surface area contributed by atoms with E-state index < -0.39 is 23.8 Å². The lowest BCUT2D eigenvalue weighted by atomic mass is 9.91. The molecule has 2 N–H and O–H groups in total. The van der Waals surface area contributed by atoms with Gasteiger partial charge in [0, 0.05) is 17.9 Å². The Hall–Kier alpha value is -3.06. The molecule has 7 heteroatoms. The van der Waals surface area contributed by atoms with Crippen LogP contribution in [0.1, 0.15) is 29.3 Å². The van der Waals surface area contributed by atoms with Gasteiger partial charge in [-0.3, -0.25) is 14.4 Å². The summed E-state index contributed by atoms with van der Waals surface area (Å²) in [5.41, 5.74) is 3.98. The van der Waals surface area contributed by atoms with E-state index >= 15 is 0 Å². The Morgan fingerprint density at radius 1 is 1.14 bits per heavy atom. The van der Waals surface area contributed by atoms with Crippen LogP contribution in [0.25, 0.3) is 10.2 Å². The highest BCUT2D eigenvalue weighted by atomic mass is 32.1. The summed E-state index contributed by atoms with van der Waals surface area (Å²) >= 11 is 1.45. The van der Waals surface area contributed by atoms with Gasteiger partial charge >= 0.3 is 5.97 Å². The number of amides is 1. The Balaban J connectivity index is 1.79. The Labute approximate surface area is 166 Å². The number of carboxylic acid groups (broad SMARTS) is 1. The van der Waals surface area contributed by atoms with Gasteiger partial charge in [-0.1, -0.05) is 30.3 Å². The van der Waals surface area contributed by atoms with Crippen molar-refractivity contribution in [1.29, 1.82) is 0 Å². The van der Waals surface area contributed by atoms with Crippen LogP contribution in [0, 0.1) is 5.92 Å². The van der Waals surface area contributed by atoms with Crippen LogP contribution in [-0.2, 0) is 16.0 Å². The number of nitrogens with zero attached hydrogens (tertiary/aromatic N) is 1. The number of aliphatic carboxylic acids is 1. The molecule has 2 aromatic carbocycles. The summed E-state index contributed by atoms with van der Waals surface area (Å²) in [6.45, 7) is 1.40. The number of aromatic nitrogens is 1. The highest BCUT2D eigenvalue weighted by Gasteiger charge is 2.26. The van der Waals surface area contributed by atoms with Gasteiger partial charge in [-0.2, -0.15) is 0 Å². The van der Waals surface area contributed by atoms with Gasteiger partial charge in [0.15, 0.2) is 5.78 Å². The monoisotopic (exact) mass is 396 g/mol. The van der Waals surface area contributed by atoms with Crippen LogP contribution in [0.2, 0.25) is 0 Å². The molecule has 0 saturated heterocycles. The average Bonchev–Trinajstić information content (AvgIpc) is 3.15. The third-order valence-electron chi connectivity index (χ3n) is 4.51. The van der Waals surface area contributed by atoms with Crippen LogP contribution < -0.4 is 5.32 Å². The van der Waals surface area contributed by atoms with Crippen LogP contribution in [0.15, 0.2) is 54.0 Å². The lowest BCUT2D eigenvalue weighted by molar-refractivity contribution is -0.141. The van der Waals surface area contributed by atoms with Crippen LogP contribution in [0.4, 0.5) is 0 Å². The standard InChI is InChI=1S/C21H20N2O4S/c1-13(21(26)27)23-20(25)16(9-14-5-3-2-4-6-14)10-18(24)15-7-8-17-19(11-15)28-12-22-17/h2-8,11-13,16H,9-10H2,1H3,(H,23,25)(H,26,27)/t13-,16+/m0/s1. The molecule has 1 amide bonds. The van der Waals surface area contributed by atoms with Gasteiger partial charge in [0.2, 0.25) is 5.91 Å². The summed E-state index contributed by atoms with van der Waals surface area (Å²) in [5.74, 6) is -2.37. The fraction of sp³-hybridized carbons (Fsp3) is 0.238. The van der Waals surface area contributed by atoms with Crippen molar-refractivity contribution in [3.05, 3.63) is 65.2 Å². The van der Waals surface area contributed by atoms with Gasteiger partial charge in [0.25, 0.3) is 0 Å². The largest absolute Gasteiger partial charge is 0.480 e. The lowest BCUT2D eigenvalue weighted by Crippen LogP contribution is -2.42. The number of Topliss-reactive ketones (excluding diaryl/α,β-unsaturated/α-hetero) is 1. The number of ketones is 1. The number of fused-ring (bicyclic) bond motifs is 1. The van der Waals surface area contributed by atoms with E-state index in [2.05, 4.69) is 10.3 Å². The predicted octanol–water partition coefficient (Wildman–Crippen LogP) is 3.32. The van der Waals surface area contributed by atoms with E-state index in [1.165, 1.54) is 18.3 Å². The predicted molar refractivity (Wildman–Crippen MR) is 107 cm³/mol. The van der Waals surface area contributed by atoms with E-state index in [-0.39, 0.29) is 12.2 Å². The van der Waals surface area contributed by atoms with Crippen molar-refractivity contribution >= 4 is 39.2 Å². The first-order chi connectivity index (χ1) is 13.4. The first-order valence-corrected chi connectivity index (χ1v) is 9.75. The summed E-state index contributed by atoms with van der Waals surface area (Å²) in [6, 6.07) is 13.6. The quantitative estimate of drug-likeness (QED) is 0.570. The molecule has 0 fully saturated rings. The Bertz CT molecular complexity index is 1000. The fourth-order valence-electron chi connectivity index (χ4n) is 2.92. The topological polar surface area (TPSA) is 96.4 Å². The van der Waals surface area contributed by atoms with Crippen LogP contribution in [0.3, 0.4) is 0 Å². The number of thiazole rings is 1. The third kappa shape index (κ3) is 4.80. The summed E-state index contributed by atoms with van der Waals surface area (Å²) in [6.07, 6.45) is 0.352. The molecular formula is C21H20N2O4S. The third-order valence-corrected chi connectivity index (χ3v) is 5.30. The molecule has 0 aliphatic rings. The minimum atomic E-state index is -1.12. The molecule has 2 atom stereocenters. The molecule has 0 aliphatic heterocycles. The molecule has 0 aliphatic carbocycles. The van der Waals surface area contributed by atoms with Crippen LogP contribution in [-0.4, -0.2) is 33.8 Å². The SMILES string of the molecule is C[C@H](NC(=O)[C@@H](CC(=O)c1ccc2ncsc2c1)Cc1ccccc1)C(=O)O. The van der Waals surface area contributed by atoms with E-state index in [4.69, 9.17) is 5.11 Å². The second-order valence-corrected chi connectivity index (χ2v) is 7.50. The summed E-state index contributed by atoms with van der Waals surface area (Å²) < 4.78 is 0.911. The molecule has 0 unspecified atom stereocenters. The van der Waals surface area contributed by atoms with Gasteiger partial charge in [-0.15, -0.1) is 11.3 Å². The highest BCUT2D eigenvalue weighted by Crippen LogP contribution is 2.22. The summed E-state index contributed by atoms with van der Waals surface area (Å²) in [4.78, 5) is 40.8. The van der Waals surface area contributed by atoms with Crippen molar-refractivity contribution < 1.29 is 19.5 Å².